The average molecular weight is 277 g/mol. The Hall–Kier alpha value is -1.35. The minimum atomic E-state index is -0.291. The van der Waals surface area contributed by atoms with E-state index in [4.69, 9.17) is 4.74 Å². The molecule has 0 saturated heterocycles. The summed E-state index contributed by atoms with van der Waals surface area (Å²) >= 11 is 0. The van der Waals surface area contributed by atoms with Crippen molar-refractivity contribution in [3.05, 3.63) is 29.8 Å². The third-order valence-corrected chi connectivity index (χ3v) is 2.94. The van der Waals surface area contributed by atoms with Crippen molar-refractivity contribution < 1.29 is 9.53 Å². The average Bonchev–Trinajstić information content (AvgIpc) is 2.38. The van der Waals surface area contributed by atoms with Gasteiger partial charge >= 0.3 is 0 Å². The molecule has 1 aromatic rings. The van der Waals surface area contributed by atoms with Crippen LogP contribution in [0.4, 0.5) is 5.69 Å². The molecule has 0 aliphatic heterocycles. The number of hydrogen-bond acceptors (Lipinski definition) is 2. The smallest absolute Gasteiger partial charge is 0.250 e. The van der Waals surface area contributed by atoms with Gasteiger partial charge in [0.25, 0.3) is 0 Å². The third kappa shape index (κ3) is 7.29. The molecule has 1 aromatic carbocycles. The van der Waals surface area contributed by atoms with Gasteiger partial charge in [-0.1, -0.05) is 31.9 Å². The van der Waals surface area contributed by atoms with E-state index in [1.807, 2.05) is 32.9 Å². The van der Waals surface area contributed by atoms with E-state index >= 15 is 0 Å². The van der Waals surface area contributed by atoms with Gasteiger partial charge in [-0.05, 0) is 51.3 Å². The Morgan fingerprint density at radius 1 is 1.15 bits per heavy atom. The summed E-state index contributed by atoms with van der Waals surface area (Å²) in [4.78, 5) is 11.7. The summed E-state index contributed by atoms with van der Waals surface area (Å²) in [6.07, 6.45) is 4.83. The molecule has 0 bridgehead atoms. The van der Waals surface area contributed by atoms with E-state index in [-0.39, 0.29) is 18.1 Å². The number of carbonyl (C=O) groups is 1. The molecule has 0 saturated carbocycles. The molecule has 0 aliphatic rings. The second-order valence-corrected chi connectivity index (χ2v) is 6.10. The summed E-state index contributed by atoms with van der Waals surface area (Å²) in [5.74, 6) is -0.112. The zero-order chi connectivity index (χ0) is 15.0. The van der Waals surface area contributed by atoms with Crippen LogP contribution in [0.25, 0.3) is 0 Å². The van der Waals surface area contributed by atoms with Gasteiger partial charge in [-0.25, -0.2) is 0 Å². The maximum atomic E-state index is 11.7. The summed E-state index contributed by atoms with van der Waals surface area (Å²) in [7, 11) is 0. The van der Waals surface area contributed by atoms with Gasteiger partial charge in [0.05, 0.1) is 5.60 Å². The van der Waals surface area contributed by atoms with E-state index in [1.54, 1.807) is 0 Å². The Labute approximate surface area is 122 Å². The van der Waals surface area contributed by atoms with Crippen molar-refractivity contribution in [2.75, 3.05) is 11.9 Å². The highest BCUT2D eigenvalue weighted by atomic mass is 16.5. The van der Waals surface area contributed by atoms with Crippen molar-refractivity contribution in [1.82, 2.24) is 0 Å². The number of amides is 1. The highest BCUT2D eigenvalue weighted by Crippen LogP contribution is 2.13. The van der Waals surface area contributed by atoms with Gasteiger partial charge < -0.3 is 10.1 Å². The first-order chi connectivity index (χ1) is 9.40. The van der Waals surface area contributed by atoms with E-state index in [9.17, 15) is 4.79 Å². The molecule has 0 heterocycles. The van der Waals surface area contributed by atoms with Crippen molar-refractivity contribution in [2.45, 2.75) is 59.0 Å². The summed E-state index contributed by atoms with van der Waals surface area (Å²) in [5.41, 5.74) is 1.86. The van der Waals surface area contributed by atoms with E-state index in [0.717, 1.165) is 12.1 Å². The fourth-order valence-corrected chi connectivity index (χ4v) is 1.81. The van der Waals surface area contributed by atoms with Crippen LogP contribution in [0.5, 0.6) is 0 Å². The van der Waals surface area contributed by atoms with Gasteiger partial charge in [0.2, 0.25) is 5.91 Å². The lowest BCUT2D eigenvalue weighted by Gasteiger charge is -2.19. The van der Waals surface area contributed by atoms with Gasteiger partial charge in [0.1, 0.15) is 6.61 Å². The first-order valence-corrected chi connectivity index (χ1v) is 7.43. The molecule has 1 N–H and O–H groups in total. The normalized spacial score (nSPS) is 11.4. The van der Waals surface area contributed by atoms with E-state index < -0.39 is 0 Å². The topological polar surface area (TPSA) is 38.3 Å². The largest absolute Gasteiger partial charge is 0.366 e. The third-order valence-electron chi connectivity index (χ3n) is 2.94. The standard InChI is InChI=1S/C17H27NO2/c1-5-6-7-8-14-9-11-15(12-10-14)18-16(19)13-20-17(2,3)4/h9-12H,5-8,13H2,1-4H3,(H,18,19). The molecule has 1 amide bonds. The maximum Gasteiger partial charge on any atom is 0.250 e. The summed E-state index contributed by atoms with van der Waals surface area (Å²) in [5, 5.41) is 2.85. The number of nitrogens with one attached hydrogen (secondary N) is 1. The van der Waals surface area contributed by atoms with Crippen LogP contribution < -0.4 is 5.32 Å². The number of hydrogen-bond donors (Lipinski definition) is 1. The number of unbranched alkanes of at least 4 members (excludes halogenated alkanes) is 2. The highest BCUT2D eigenvalue weighted by Gasteiger charge is 2.12. The Morgan fingerprint density at radius 2 is 1.80 bits per heavy atom. The molecule has 0 radical (unpaired) electrons. The minimum absolute atomic E-state index is 0.0851. The highest BCUT2D eigenvalue weighted by molar-refractivity contribution is 5.91. The fourth-order valence-electron chi connectivity index (χ4n) is 1.81. The van der Waals surface area contributed by atoms with Gasteiger partial charge in [-0.15, -0.1) is 0 Å². The molecule has 0 fully saturated rings. The number of ether oxygens (including phenoxy) is 1. The van der Waals surface area contributed by atoms with Crippen LogP contribution in [0.1, 0.15) is 52.5 Å². The lowest BCUT2D eigenvalue weighted by molar-refractivity contribution is -0.125. The minimum Gasteiger partial charge on any atom is -0.366 e. The van der Waals surface area contributed by atoms with Crippen LogP contribution in [-0.4, -0.2) is 18.1 Å². The van der Waals surface area contributed by atoms with Crippen LogP contribution in [0.3, 0.4) is 0 Å². The Bertz CT molecular complexity index is 404. The van der Waals surface area contributed by atoms with Gasteiger partial charge in [0, 0.05) is 5.69 Å². The maximum absolute atomic E-state index is 11.7. The van der Waals surface area contributed by atoms with Crippen LogP contribution >= 0.6 is 0 Å². The van der Waals surface area contributed by atoms with Crippen LogP contribution in [-0.2, 0) is 16.0 Å². The SMILES string of the molecule is CCCCCc1ccc(NC(=O)COC(C)(C)C)cc1. The molecular weight excluding hydrogens is 250 g/mol. The molecule has 0 spiro atoms. The van der Waals surface area contributed by atoms with E-state index in [2.05, 4.69) is 24.4 Å². The second-order valence-electron chi connectivity index (χ2n) is 6.10. The number of rotatable bonds is 7. The first kappa shape index (κ1) is 16.7. The van der Waals surface area contributed by atoms with Gasteiger partial charge in [-0.3, -0.25) is 4.79 Å². The van der Waals surface area contributed by atoms with Crippen molar-refractivity contribution in [2.24, 2.45) is 0 Å². The monoisotopic (exact) mass is 277 g/mol. The predicted molar refractivity (Wildman–Crippen MR) is 84.0 cm³/mol. The van der Waals surface area contributed by atoms with Crippen LogP contribution in [0, 0.1) is 0 Å². The Kier molecular flexibility index (Phi) is 6.73. The van der Waals surface area contributed by atoms with Crippen molar-refractivity contribution in [3.63, 3.8) is 0 Å². The quantitative estimate of drug-likeness (QED) is 0.759. The lowest BCUT2D eigenvalue weighted by atomic mass is 10.1. The molecular formula is C17H27NO2. The Morgan fingerprint density at radius 3 is 2.35 bits per heavy atom. The molecule has 112 valence electrons. The van der Waals surface area contributed by atoms with Crippen molar-refractivity contribution in [3.8, 4) is 0 Å². The number of aryl methyl sites for hydroxylation is 1. The van der Waals surface area contributed by atoms with Crippen LogP contribution in [0.15, 0.2) is 24.3 Å². The molecule has 3 nitrogen and oxygen atoms in total. The number of carbonyl (C=O) groups excluding carboxylic acids is 1. The van der Waals surface area contributed by atoms with Gasteiger partial charge in [0.15, 0.2) is 0 Å². The van der Waals surface area contributed by atoms with Gasteiger partial charge in [-0.2, -0.15) is 0 Å². The second kappa shape index (κ2) is 8.05. The molecule has 0 unspecified atom stereocenters. The molecule has 3 heteroatoms. The van der Waals surface area contributed by atoms with Crippen molar-refractivity contribution >= 4 is 11.6 Å². The molecule has 0 aliphatic carbocycles. The molecule has 0 aromatic heterocycles. The van der Waals surface area contributed by atoms with E-state index in [1.165, 1.54) is 24.8 Å². The fraction of sp³-hybridized carbons (Fsp3) is 0.588. The van der Waals surface area contributed by atoms with Crippen LogP contribution in [0.2, 0.25) is 0 Å². The zero-order valence-corrected chi connectivity index (χ0v) is 13.2. The summed E-state index contributed by atoms with van der Waals surface area (Å²) in [6.45, 7) is 8.10. The number of anilines is 1. The zero-order valence-electron chi connectivity index (χ0n) is 13.2. The predicted octanol–water partition coefficient (Wildman–Crippen LogP) is 4.17. The summed E-state index contributed by atoms with van der Waals surface area (Å²) in [6, 6.07) is 8.07. The summed E-state index contributed by atoms with van der Waals surface area (Å²) < 4.78 is 5.44. The van der Waals surface area contributed by atoms with Crippen molar-refractivity contribution in [1.29, 1.82) is 0 Å². The number of benzene rings is 1. The lowest BCUT2D eigenvalue weighted by Crippen LogP contribution is -2.27. The molecule has 0 atom stereocenters. The Balaban J connectivity index is 2.39. The molecule has 20 heavy (non-hydrogen) atoms. The first-order valence-electron chi connectivity index (χ1n) is 7.43. The molecule has 1 rings (SSSR count). The van der Waals surface area contributed by atoms with E-state index in [0.29, 0.717) is 0 Å².